The van der Waals surface area contributed by atoms with E-state index >= 15 is 0 Å². The second-order valence-electron chi connectivity index (χ2n) is 6.47. The Morgan fingerprint density at radius 3 is 2.48 bits per heavy atom. The van der Waals surface area contributed by atoms with Crippen molar-refractivity contribution in [3.63, 3.8) is 0 Å². The topological polar surface area (TPSA) is 97.6 Å². The summed E-state index contributed by atoms with van der Waals surface area (Å²) in [7, 11) is 0. The van der Waals surface area contributed by atoms with E-state index in [9.17, 15) is 23.2 Å². The number of hydrogen-bond acceptors (Lipinski definition) is 5. The van der Waals surface area contributed by atoms with E-state index in [1.165, 1.54) is 18.4 Å². The van der Waals surface area contributed by atoms with Gasteiger partial charge in [-0.25, -0.2) is 13.6 Å². The molecule has 2 amide bonds. The molecule has 0 bridgehead atoms. The monoisotopic (exact) mass is 428 g/mol. The average Bonchev–Trinajstić information content (AvgIpc) is 3.30. The van der Waals surface area contributed by atoms with E-state index < -0.39 is 42.1 Å². The van der Waals surface area contributed by atoms with Crippen molar-refractivity contribution >= 4 is 23.5 Å². The summed E-state index contributed by atoms with van der Waals surface area (Å²) in [5.74, 6) is -3.95. The fourth-order valence-electron chi connectivity index (χ4n) is 2.70. The molecule has 160 valence electrons. The number of benzene rings is 2. The minimum atomic E-state index is -1.11. The third-order valence-corrected chi connectivity index (χ3v) is 4.17. The van der Waals surface area contributed by atoms with Gasteiger partial charge in [-0.3, -0.25) is 9.59 Å². The molecule has 0 aliphatic carbocycles. The second kappa shape index (κ2) is 10.1. The molecule has 0 radical (unpaired) electrons. The Bertz CT molecular complexity index is 1060. The van der Waals surface area contributed by atoms with Gasteiger partial charge in [-0.2, -0.15) is 0 Å². The molecule has 2 N–H and O–H groups in total. The van der Waals surface area contributed by atoms with Gasteiger partial charge in [-0.05, 0) is 29.8 Å². The minimum Gasteiger partial charge on any atom is -0.459 e. The van der Waals surface area contributed by atoms with Gasteiger partial charge in [0.2, 0.25) is 0 Å². The number of rotatable bonds is 8. The van der Waals surface area contributed by atoms with Crippen LogP contribution in [0.4, 0.5) is 14.5 Å². The molecule has 1 aromatic heterocycles. The molecule has 0 saturated carbocycles. The largest absolute Gasteiger partial charge is 0.459 e. The van der Waals surface area contributed by atoms with Crippen LogP contribution in [0.15, 0.2) is 71.3 Å². The zero-order chi connectivity index (χ0) is 22.2. The maximum atomic E-state index is 13.6. The quantitative estimate of drug-likeness (QED) is 0.538. The van der Waals surface area contributed by atoms with Crippen LogP contribution in [-0.4, -0.2) is 30.4 Å². The van der Waals surface area contributed by atoms with Crippen molar-refractivity contribution in [3.05, 3.63) is 89.9 Å². The lowest BCUT2D eigenvalue weighted by Gasteiger charge is -2.17. The van der Waals surface area contributed by atoms with E-state index in [0.29, 0.717) is 0 Å². The van der Waals surface area contributed by atoms with Crippen LogP contribution < -0.4 is 10.6 Å². The molecule has 2 aromatic carbocycles. The molecule has 9 heteroatoms. The summed E-state index contributed by atoms with van der Waals surface area (Å²) >= 11 is 0. The van der Waals surface area contributed by atoms with Crippen molar-refractivity contribution in [2.75, 3.05) is 11.9 Å². The van der Waals surface area contributed by atoms with Gasteiger partial charge < -0.3 is 19.8 Å². The maximum Gasteiger partial charge on any atom is 0.329 e. The minimum absolute atomic E-state index is 0.00480. The molecule has 3 rings (SSSR count). The van der Waals surface area contributed by atoms with E-state index in [1.807, 2.05) is 0 Å². The first-order valence-electron chi connectivity index (χ1n) is 9.22. The smallest absolute Gasteiger partial charge is 0.329 e. The fraction of sp³-hybridized carbons (Fsp3) is 0.136. The highest BCUT2D eigenvalue weighted by molar-refractivity contribution is 5.96. The van der Waals surface area contributed by atoms with Gasteiger partial charge in [-0.1, -0.05) is 30.3 Å². The van der Waals surface area contributed by atoms with Crippen LogP contribution >= 0.6 is 0 Å². The highest BCUT2D eigenvalue weighted by Crippen LogP contribution is 2.15. The highest BCUT2D eigenvalue weighted by Gasteiger charge is 2.25. The van der Waals surface area contributed by atoms with Crippen LogP contribution in [-0.2, 0) is 20.7 Å². The second-order valence-corrected chi connectivity index (χ2v) is 6.47. The van der Waals surface area contributed by atoms with Gasteiger partial charge in [0.05, 0.1) is 12.0 Å². The lowest BCUT2D eigenvalue weighted by Crippen LogP contribution is -2.44. The summed E-state index contributed by atoms with van der Waals surface area (Å²) < 4.78 is 36.8. The third kappa shape index (κ3) is 6.23. The van der Waals surface area contributed by atoms with Crippen LogP contribution in [0.25, 0.3) is 0 Å². The molecule has 1 heterocycles. The Morgan fingerprint density at radius 2 is 1.77 bits per heavy atom. The molecule has 0 aliphatic heterocycles. The van der Waals surface area contributed by atoms with E-state index in [-0.39, 0.29) is 17.9 Å². The number of hydrogen-bond donors (Lipinski definition) is 2. The average molecular weight is 428 g/mol. The van der Waals surface area contributed by atoms with Crippen molar-refractivity contribution in [1.29, 1.82) is 0 Å². The summed E-state index contributed by atoms with van der Waals surface area (Å²) in [5.41, 5.74) is 0.364. The fourth-order valence-corrected chi connectivity index (χ4v) is 2.70. The predicted octanol–water partition coefficient (Wildman–Crippen LogP) is 3.08. The number of esters is 1. The first-order chi connectivity index (χ1) is 14.9. The Labute approximate surface area is 176 Å². The Balaban J connectivity index is 1.63. The summed E-state index contributed by atoms with van der Waals surface area (Å²) in [4.78, 5) is 36.8. The third-order valence-electron chi connectivity index (χ3n) is 4.17. The number of anilines is 1. The first-order valence-corrected chi connectivity index (χ1v) is 9.22. The number of carbonyl (C=O) groups excluding carboxylic acids is 3. The number of amides is 2. The maximum absolute atomic E-state index is 13.6. The van der Waals surface area contributed by atoms with Crippen LogP contribution in [0.1, 0.15) is 16.1 Å². The molecular formula is C22H18F2N2O5. The summed E-state index contributed by atoms with van der Waals surface area (Å²) in [5, 5.41) is 4.63. The van der Waals surface area contributed by atoms with Crippen LogP contribution in [0.2, 0.25) is 0 Å². The lowest BCUT2D eigenvalue weighted by molar-refractivity contribution is -0.149. The van der Waals surface area contributed by atoms with Crippen LogP contribution in [0.5, 0.6) is 0 Å². The van der Waals surface area contributed by atoms with Crippen molar-refractivity contribution in [3.8, 4) is 0 Å². The molecule has 0 saturated heterocycles. The Morgan fingerprint density at radius 1 is 1.00 bits per heavy atom. The molecule has 31 heavy (non-hydrogen) atoms. The number of halogens is 2. The standard InChI is InChI=1S/C22H18F2N2O5/c23-15-8-9-16(24)17(12-15)25-20(27)13-31-22(29)18(11-14-5-2-1-3-6-14)26-21(28)19-7-4-10-30-19/h1-10,12,18H,11,13H2,(H,25,27)(H,26,28). The molecule has 3 aromatic rings. The molecular weight excluding hydrogens is 410 g/mol. The van der Waals surface area contributed by atoms with Gasteiger partial charge in [0, 0.05) is 12.5 Å². The molecule has 0 spiro atoms. The first kappa shape index (κ1) is 21.7. The molecule has 1 atom stereocenters. The van der Waals surface area contributed by atoms with Gasteiger partial charge in [0.15, 0.2) is 12.4 Å². The van der Waals surface area contributed by atoms with Crippen molar-refractivity contribution in [1.82, 2.24) is 5.32 Å². The van der Waals surface area contributed by atoms with Crippen molar-refractivity contribution < 1.29 is 32.3 Å². The summed E-state index contributed by atoms with van der Waals surface area (Å²) in [6.45, 7) is -0.753. The normalized spacial score (nSPS) is 11.4. The SMILES string of the molecule is O=C(COC(=O)C(Cc1ccccc1)NC(=O)c1ccco1)Nc1cc(F)ccc1F. The Kier molecular flexibility index (Phi) is 7.10. The van der Waals surface area contributed by atoms with E-state index in [2.05, 4.69) is 10.6 Å². The number of nitrogens with one attached hydrogen (secondary N) is 2. The van der Waals surface area contributed by atoms with E-state index in [1.54, 1.807) is 30.3 Å². The lowest BCUT2D eigenvalue weighted by atomic mass is 10.1. The highest BCUT2D eigenvalue weighted by atomic mass is 19.1. The molecule has 0 fully saturated rings. The van der Waals surface area contributed by atoms with Crippen molar-refractivity contribution in [2.24, 2.45) is 0 Å². The number of furan rings is 1. The summed E-state index contributed by atoms with van der Waals surface area (Å²) in [6.07, 6.45) is 1.42. The van der Waals surface area contributed by atoms with Crippen LogP contribution in [0.3, 0.4) is 0 Å². The molecule has 1 unspecified atom stereocenters. The van der Waals surface area contributed by atoms with E-state index in [0.717, 1.165) is 23.8 Å². The summed E-state index contributed by atoms with van der Waals surface area (Å²) in [6, 6.07) is 13.3. The van der Waals surface area contributed by atoms with Gasteiger partial charge >= 0.3 is 5.97 Å². The van der Waals surface area contributed by atoms with E-state index in [4.69, 9.17) is 9.15 Å². The molecule has 0 aliphatic rings. The zero-order valence-electron chi connectivity index (χ0n) is 16.1. The van der Waals surface area contributed by atoms with Gasteiger partial charge in [0.1, 0.15) is 17.7 Å². The van der Waals surface area contributed by atoms with Crippen molar-refractivity contribution in [2.45, 2.75) is 12.5 Å². The van der Waals surface area contributed by atoms with Gasteiger partial charge in [-0.15, -0.1) is 0 Å². The zero-order valence-corrected chi connectivity index (χ0v) is 16.1. The Hall–Kier alpha value is -4.01. The predicted molar refractivity (Wildman–Crippen MR) is 106 cm³/mol. The molecule has 7 nitrogen and oxygen atoms in total. The number of ether oxygens (including phenoxy) is 1. The number of carbonyl (C=O) groups is 3. The van der Waals surface area contributed by atoms with Gasteiger partial charge in [0.25, 0.3) is 11.8 Å². The van der Waals surface area contributed by atoms with Crippen LogP contribution in [0, 0.1) is 11.6 Å².